The smallest absolute Gasteiger partial charge is 0.253 e. The first-order valence-corrected chi connectivity index (χ1v) is 10.3. The van der Waals surface area contributed by atoms with E-state index in [1.165, 1.54) is 11.1 Å². The Labute approximate surface area is 176 Å². The minimum atomic E-state index is -0.145. The van der Waals surface area contributed by atoms with Crippen LogP contribution < -0.4 is 0 Å². The number of ether oxygens (including phenoxy) is 1. The van der Waals surface area contributed by atoms with E-state index in [4.69, 9.17) is 16.3 Å². The van der Waals surface area contributed by atoms with Gasteiger partial charge in [-0.2, -0.15) is 0 Å². The van der Waals surface area contributed by atoms with Crippen LogP contribution in [0.2, 0.25) is 5.02 Å². The zero-order valence-electron chi connectivity index (χ0n) is 16.8. The minimum Gasteiger partial charge on any atom is -0.475 e. The van der Waals surface area contributed by atoms with E-state index in [2.05, 4.69) is 49.2 Å². The van der Waals surface area contributed by atoms with Crippen LogP contribution in [0.1, 0.15) is 48.2 Å². The van der Waals surface area contributed by atoms with E-state index in [0.29, 0.717) is 17.2 Å². The fraction of sp³-hybridized carbons (Fsp3) is 0.333. The monoisotopic (exact) mass is 408 g/mol. The molecule has 150 valence electrons. The van der Waals surface area contributed by atoms with Crippen LogP contribution in [-0.2, 0) is 4.74 Å². The first kappa shape index (κ1) is 19.7. The third kappa shape index (κ3) is 4.70. The average Bonchev–Trinajstić information content (AvgIpc) is 3.09. The highest BCUT2D eigenvalue weighted by molar-refractivity contribution is 6.30. The lowest BCUT2D eigenvalue weighted by Crippen LogP contribution is -2.36. The molecule has 0 radical (unpaired) electrons. The highest BCUT2D eigenvalue weighted by Crippen LogP contribution is 2.24. The summed E-state index contributed by atoms with van der Waals surface area (Å²) in [5, 5.41) is 0.645. The molecule has 2 aromatic carbocycles. The molecule has 1 saturated heterocycles. The van der Waals surface area contributed by atoms with Gasteiger partial charge in [0.25, 0.3) is 5.91 Å². The lowest BCUT2D eigenvalue weighted by Gasteiger charge is -2.28. The zero-order valence-corrected chi connectivity index (χ0v) is 17.6. The number of halogens is 1. The summed E-state index contributed by atoms with van der Waals surface area (Å²) in [6.45, 7) is 6.25. The first-order chi connectivity index (χ1) is 13.9. The second-order valence-corrected chi connectivity index (χ2v) is 8.68. The van der Waals surface area contributed by atoms with Crippen molar-refractivity contribution >= 4 is 29.5 Å². The third-order valence-corrected chi connectivity index (χ3v) is 5.53. The van der Waals surface area contributed by atoms with Gasteiger partial charge >= 0.3 is 0 Å². The second-order valence-electron chi connectivity index (χ2n) is 8.24. The lowest BCUT2D eigenvalue weighted by molar-refractivity contribution is 0.0744. The number of nitrogens with zero attached hydrogens (tertiary/aromatic N) is 2. The highest BCUT2D eigenvalue weighted by atomic mass is 35.5. The van der Waals surface area contributed by atoms with Crippen LogP contribution in [0.4, 0.5) is 0 Å². The van der Waals surface area contributed by atoms with Gasteiger partial charge in [-0.25, -0.2) is 4.99 Å². The molecule has 0 spiro atoms. The van der Waals surface area contributed by atoms with Crippen molar-refractivity contribution < 1.29 is 9.53 Å². The number of carbonyl (C=O) groups excluding carboxylic acids is 1. The Morgan fingerprint density at radius 2 is 1.72 bits per heavy atom. The largest absolute Gasteiger partial charge is 0.475 e. The zero-order chi connectivity index (χ0) is 20.4. The van der Waals surface area contributed by atoms with Crippen LogP contribution in [0.5, 0.6) is 0 Å². The van der Waals surface area contributed by atoms with Crippen molar-refractivity contribution in [2.45, 2.75) is 32.2 Å². The average molecular weight is 409 g/mol. The fourth-order valence-electron chi connectivity index (χ4n) is 3.61. The van der Waals surface area contributed by atoms with E-state index in [9.17, 15) is 4.79 Å². The number of likely N-dealkylation sites (tertiary alicyclic amines) is 1. The molecule has 1 amide bonds. The van der Waals surface area contributed by atoms with Gasteiger partial charge in [0.15, 0.2) is 0 Å². The number of piperidine rings is 1. The van der Waals surface area contributed by atoms with E-state index in [-0.39, 0.29) is 11.4 Å². The molecule has 0 aliphatic carbocycles. The van der Waals surface area contributed by atoms with Gasteiger partial charge in [-0.15, -0.1) is 0 Å². The molecule has 5 heteroatoms. The van der Waals surface area contributed by atoms with Gasteiger partial charge < -0.3 is 9.64 Å². The predicted octanol–water partition coefficient (Wildman–Crippen LogP) is 5.22. The Balaban J connectivity index is 1.37. The summed E-state index contributed by atoms with van der Waals surface area (Å²) < 4.78 is 5.71. The van der Waals surface area contributed by atoms with E-state index >= 15 is 0 Å². The molecule has 0 bridgehead atoms. The van der Waals surface area contributed by atoms with Crippen molar-refractivity contribution in [3.05, 3.63) is 75.8 Å². The van der Waals surface area contributed by atoms with E-state index < -0.39 is 0 Å². The Morgan fingerprint density at radius 3 is 2.31 bits per heavy atom. The van der Waals surface area contributed by atoms with Crippen LogP contribution in [0.25, 0.3) is 6.08 Å². The number of hydrogen-bond acceptors (Lipinski definition) is 3. The Bertz CT molecular complexity index is 949. The Kier molecular flexibility index (Phi) is 5.46. The third-order valence-electron chi connectivity index (χ3n) is 5.28. The second kappa shape index (κ2) is 8.03. The van der Waals surface area contributed by atoms with Crippen LogP contribution in [0, 0.1) is 0 Å². The highest BCUT2D eigenvalue weighted by Gasteiger charge is 2.27. The summed E-state index contributed by atoms with van der Waals surface area (Å²) in [5.74, 6) is 0.800. The molecule has 4 rings (SSSR count). The van der Waals surface area contributed by atoms with E-state index in [0.717, 1.165) is 37.4 Å². The van der Waals surface area contributed by atoms with Gasteiger partial charge in [0.1, 0.15) is 6.61 Å². The van der Waals surface area contributed by atoms with Gasteiger partial charge in [-0.3, -0.25) is 4.79 Å². The van der Waals surface area contributed by atoms with Gasteiger partial charge in [-0.1, -0.05) is 35.4 Å². The summed E-state index contributed by atoms with van der Waals surface area (Å²) in [5.41, 5.74) is 4.10. The normalized spacial score (nSPS) is 18.2. The van der Waals surface area contributed by atoms with Crippen molar-refractivity contribution in [2.75, 3.05) is 19.7 Å². The van der Waals surface area contributed by atoms with Crippen LogP contribution in [-0.4, -0.2) is 41.9 Å². The number of carbonyl (C=O) groups is 1. The van der Waals surface area contributed by atoms with Crippen LogP contribution in [0.15, 0.2) is 59.1 Å². The molecule has 4 nitrogen and oxygen atoms in total. The van der Waals surface area contributed by atoms with Gasteiger partial charge in [0, 0.05) is 29.2 Å². The minimum absolute atomic E-state index is 0.0744. The van der Waals surface area contributed by atoms with Crippen LogP contribution in [0.3, 0.4) is 0 Å². The van der Waals surface area contributed by atoms with Crippen LogP contribution >= 0.6 is 11.6 Å². The molecule has 29 heavy (non-hydrogen) atoms. The van der Waals surface area contributed by atoms with Crippen molar-refractivity contribution in [2.24, 2.45) is 4.99 Å². The predicted molar refractivity (Wildman–Crippen MR) is 118 cm³/mol. The molecule has 2 aliphatic heterocycles. The molecular weight excluding hydrogens is 384 g/mol. The maximum Gasteiger partial charge on any atom is 0.253 e. The van der Waals surface area contributed by atoms with Gasteiger partial charge in [0.2, 0.25) is 5.90 Å². The lowest BCUT2D eigenvalue weighted by atomic mass is 9.99. The molecule has 2 aliphatic rings. The number of hydrogen-bond donors (Lipinski definition) is 0. The van der Waals surface area contributed by atoms with E-state index in [1.807, 2.05) is 4.90 Å². The van der Waals surface area contributed by atoms with Gasteiger partial charge in [0.05, 0.1) is 5.54 Å². The first-order valence-electron chi connectivity index (χ1n) is 9.97. The fourth-order valence-corrected chi connectivity index (χ4v) is 3.73. The summed E-state index contributed by atoms with van der Waals surface area (Å²) in [6, 6.07) is 15.4. The molecule has 0 aromatic heterocycles. The molecule has 0 saturated carbocycles. The Morgan fingerprint density at radius 1 is 1.07 bits per heavy atom. The summed E-state index contributed by atoms with van der Waals surface area (Å²) >= 11 is 5.91. The summed E-state index contributed by atoms with van der Waals surface area (Å²) in [6.07, 6.45) is 4.02. The summed E-state index contributed by atoms with van der Waals surface area (Å²) in [7, 11) is 0. The molecule has 0 N–H and O–H groups in total. The van der Waals surface area contributed by atoms with Gasteiger partial charge in [-0.05, 0) is 68.7 Å². The standard InChI is InChI=1S/C24H25ClN2O2/c1-24(2)16-29-22(26-24)19-5-3-17(4-6-19)15-18-11-13-27(14-12-18)23(28)20-7-9-21(25)10-8-20/h3-10,15H,11-14,16H2,1-2H3. The molecule has 0 unspecified atom stereocenters. The number of rotatable bonds is 3. The van der Waals surface area contributed by atoms with E-state index in [1.54, 1.807) is 24.3 Å². The van der Waals surface area contributed by atoms with Crippen molar-refractivity contribution in [3.8, 4) is 0 Å². The molecule has 0 atom stereocenters. The SMILES string of the molecule is CC1(C)COC(c2ccc(C=C3CCN(C(=O)c4ccc(Cl)cc4)CC3)cc2)=N1. The summed E-state index contributed by atoms with van der Waals surface area (Å²) in [4.78, 5) is 19.2. The maximum atomic E-state index is 12.6. The Hall–Kier alpha value is -2.59. The number of benzene rings is 2. The number of aliphatic imine (C=N–C) groups is 1. The van der Waals surface area contributed by atoms with Crippen molar-refractivity contribution in [1.29, 1.82) is 0 Å². The molecule has 1 fully saturated rings. The van der Waals surface area contributed by atoms with Crippen molar-refractivity contribution in [3.63, 3.8) is 0 Å². The maximum absolute atomic E-state index is 12.6. The topological polar surface area (TPSA) is 41.9 Å². The quantitative estimate of drug-likeness (QED) is 0.699. The molecular formula is C24H25ClN2O2. The number of amides is 1. The molecule has 2 aromatic rings. The van der Waals surface area contributed by atoms with Crippen molar-refractivity contribution in [1.82, 2.24) is 4.90 Å². The molecule has 2 heterocycles.